The van der Waals surface area contributed by atoms with Crippen molar-refractivity contribution in [2.24, 2.45) is 0 Å². The van der Waals surface area contributed by atoms with E-state index in [1.807, 2.05) is 0 Å². The summed E-state index contributed by atoms with van der Waals surface area (Å²) >= 11 is 0. The Hall–Kier alpha value is -1.97. The number of hydrogen-bond acceptors (Lipinski definition) is 3. The van der Waals surface area contributed by atoms with Crippen LogP contribution in [-0.2, 0) is 0 Å². The van der Waals surface area contributed by atoms with Gasteiger partial charge in [0.1, 0.15) is 11.3 Å². The predicted octanol–water partition coefficient (Wildman–Crippen LogP) is 2.37. The van der Waals surface area contributed by atoms with Gasteiger partial charge in [-0.3, -0.25) is 4.79 Å². The molecule has 0 aliphatic carbocycles. The van der Waals surface area contributed by atoms with Gasteiger partial charge in [0.2, 0.25) is 0 Å². The number of benzene rings is 1. The topological polar surface area (TPSA) is 53.7 Å². The van der Waals surface area contributed by atoms with Gasteiger partial charge in [0, 0.05) is 19.2 Å². The number of nitrogens with zero attached hydrogens (tertiary/aromatic N) is 1. The Morgan fingerprint density at radius 1 is 1.29 bits per heavy atom. The van der Waals surface area contributed by atoms with E-state index in [2.05, 4.69) is 0 Å². The zero-order valence-electron chi connectivity index (χ0n) is 9.35. The predicted molar refractivity (Wildman–Crippen MR) is 63.0 cm³/mol. The number of fused-ring (bicyclic) bond motifs is 1. The summed E-state index contributed by atoms with van der Waals surface area (Å²) in [5.74, 6) is 0.369. The molecule has 1 saturated heterocycles. The molecule has 0 bridgehead atoms. The number of likely N-dealkylation sites (tertiary alicyclic amines) is 1. The fourth-order valence-corrected chi connectivity index (χ4v) is 2.23. The van der Waals surface area contributed by atoms with Gasteiger partial charge in [-0.1, -0.05) is 6.07 Å². The molecule has 1 fully saturated rings. The minimum Gasteiger partial charge on any atom is -0.507 e. The number of furan rings is 1. The standard InChI is InChI=1S/C13H13NO3/c15-10-4-3-5-11-9(10)8-12(17-11)13(16)14-6-1-2-7-14/h3-5,8,15H,1-2,6-7H2. The van der Waals surface area contributed by atoms with E-state index < -0.39 is 0 Å². The lowest BCUT2D eigenvalue weighted by molar-refractivity contribution is 0.0763. The van der Waals surface area contributed by atoms with Gasteiger partial charge < -0.3 is 14.4 Å². The van der Waals surface area contributed by atoms with E-state index in [1.165, 1.54) is 0 Å². The Bertz CT molecular complexity index is 567. The van der Waals surface area contributed by atoms with Crippen LogP contribution in [0.4, 0.5) is 0 Å². The summed E-state index contributed by atoms with van der Waals surface area (Å²) in [4.78, 5) is 13.9. The summed E-state index contributed by atoms with van der Waals surface area (Å²) in [6.45, 7) is 1.59. The number of amides is 1. The molecular formula is C13H13NO3. The molecule has 1 amide bonds. The highest BCUT2D eigenvalue weighted by atomic mass is 16.3. The Kier molecular flexibility index (Phi) is 2.28. The van der Waals surface area contributed by atoms with Crippen LogP contribution in [0.1, 0.15) is 23.4 Å². The molecule has 0 spiro atoms. The monoisotopic (exact) mass is 231 g/mol. The fourth-order valence-electron chi connectivity index (χ4n) is 2.23. The normalized spacial score (nSPS) is 15.6. The first-order valence-corrected chi connectivity index (χ1v) is 5.76. The Balaban J connectivity index is 2.00. The molecule has 1 aliphatic heterocycles. The third-order valence-electron chi connectivity index (χ3n) is 3.14. The van der Waals surface area contributed by atoms with Crippen LogP contribution in [0.3, 0.4) is 0 Å². The Morgan fingerprint density at radius 2 is 2.06 bits per heavy atom. The summed E-state index contributed by atoms with van der Waals surface area (Å²) in [6, 6.07) is 6.65. The SMILES string of the molecule is O=C(c1cc2c(O)cccc2o1)N1CCCC1. The number of aromatic hydroxyl groups is 1. The summed E-state index contributed by atoms with van der Waals surface area (Å²) in [6.07, 6.45) is 2.11. The van der Waals surface area contributed by atoms with Gasteiger partial charge in [0.15, 0.2) is 5.76 Å². The van der Waals surface area contributed by atoms with Crippen molar-refractivity contribution < 1.29 is 14.3 Å². The second kappa shape index (κ2) is 3.80. The maximum atomic E-state index is 12.1. The Morgan fingerprint density at radius 3 is 2.76 bits per heavy atom. The lowest BCUT2D eigenvalue weighted by Crippen LogP contribution is -2.27. The largest absolute Gasteiger partial charge is 0.507 e. The van der Waals surface area contributed by atoms with Crippen molar-refractivity contribution in [3.63, 3.8) is 0 Å². The molecule has 17 heavy (non-hydrogen) atoms. The molecule has 2 aromatic rings. The summed E-state index contributed by atoms with van der Waals surface area (Å²) < 4.78 is 5.47. The molecule has 1 N–H and O–H groups in total. The quantitative estimate of drug-likeness (QED) is 0.819. The summed E-state index contributed by atoms with van der Waals surface area (Å²) in [7, 11) is 0. The van der Waals surface area contributed by atoms with E-state index in [9.17, 15) is 9.90 Å². The molecule has 0 atom stereocenters. The fraction of sp³-hybridized carbons (Fsp3) is 0.308. The van der Waals surface area contributed by atoms with Crippen molar-refractivity contribution in [3.8, 4) is 5.75 Å². The van der Waals surface area contributed by atoms with Crippen LogP contribution in [0.5, 0.6) is 5.75 Å². The van der Waals surface area contributed by atoms with Gasteiger partial charge in [-0.05, 0) is 25.0 Å². The number of hydrogen-bond donors (Lipinski definition) is 1. The molecule has 0 radical (unpaired) electrons. The molecular weight excluding hydrogens is 218 g/mol. The number of phenols is 1. The molecule has 1 aliphatic rings. The van der Waals surface area contributed by atoms with Gasteiger partial charge in [-0.2, -0.15) is 0 Å². The Labute approximate surface area is 98.4 Å². The van der Waals surface area contributed by atoms with Gasteiger partial charge in [0.25, 0.3) is 5.91 Å². The van der Waals surface area contributed by atoms with E-state index in [0.29, 0.717) is 16.7 Å². The van der Waals surface area contributed by atoms with Gasteiger partial charge >= 0.3 is 0 Å². The number of phenolic OH excluding ortho intramolecular Hbond substituents is 1. The van der Waals surface area contributed by atoms with Crippen LogP contribution >= 0.6 is 0 Å². The molecule has 4 nitrogen and oxygen atoms in total. The zero-order chi connectivity index (χ0) is 11.8. The molecule has 88 valence electrons. The first kappa shape index (κ1) is 10.2. The third kappa shape index (κ3) is 1.65. The first-order valence-electron chi connectivity index (χ1n) is 5.76. The van der Waals surface area contributed by atoms with Crippen LogP contribution in [0.25, 0.3) is 11.0 Å². The van der Waals surface area contributed by atoms with Crippen molar-refractivity contribution in [1.82, 2.24) is 4.90 Å². The highest BCUT2D eigenvalue weighted by Crippen LogP contribution is 2.28. The third-order valence-corrected chi connectivity index (χ3v) is 3.14. The van der Waals surface area contributed by atoms with Crippen LogP contribution in [0.2, 0.25) is 0 Å². The van der Waals surface area contributed by atoms with Crippen molar-refractivity contribution in [2.75, 3.05) is 13.1 Å². The summed E-state index contributed by atoms with van der Waals surface area (Å²) in [5.41, 5.74) is 0.549. The number of carbonyl (C=O) groups excluding carboxylic acids is 1. The van der Waals surface area contributed by atoms with E-state index in [1.54, 1.807) is 29.2 Å². The average molecular weight is 231 g/mol. The first-order chi connectivity index (χ1) is 8.25. The molecule has 3 rings (SSSR count). The minimum atomic E-state index is -0.0851. The van der Waals surface area contributed by atoms with E-state index in [-0.39, 0.29) is 11.7 Å². The lowest BCUT2D eigenvalue weighted by atomic mass is 10.2. The smallest absolute Gasteiger partial charge is 0.289 e. The zero-order valence-corrected chi connectivity index (χ0v) is 9.35. The van der Waals surface area contributed by atoms with E-state index >= 15 is 0 Å². The molecule has 2 heterocycles. The van der Waals surface area contributed by atoms with Crippen LogP contribution in [0, 0.1) is 0 Å². The van der Waals surface area contributed by atoms with Crippen molar-refractivity contribution >= 4 is 16.9 Å². The number of rotatable bonds is 1. The average Bonchev–Trinajstić information content (AvgIpc) is 2.98. The van der Waals surface area contributed by atoms with E-state index in [4.69, 9.17) is 4.42 Å². The van der Waals surface area contributed by atoms with E-state index in [0.717, 1.165) is 25.9 Å². The summed E-state index contributed by atoms with van der Waals surface area (Å²) in [5, 5.41) is 10.2. The second-order valence-corrected chi connectivity index (χ2v) is 4.30. The van der Waals surface area contributed by atoms with Crippen LogP contribution < -0.4 is 0 Å². The second-order valence-electron chi connectivity index (χ2n) is 4.30. The highest BCUT2D eigenvalue weighted by molar-refractivity contribution is 5.97. The molecule has 1 aromatic heterocycles. The molecule has 0 unspecified atom stereocenters. The van der Waals surface area contributed by atoms with Crippen LogP contribution in [-0.4, -0.2) is 29.0 Å². The molecule has 4 heteroatoms. The van der Waals surface area contributed by atoms with Gasteiger partial charge in [0.05, 0.1) is 5.39 Å². The molecule has 1 aromatic carbocycles. The molecule has 0 saturated carbocycles. The number of carbonyl (C=O) groups is 1. The highest BCUT2D eigenvalue weighted by Gasteiger charge is 2.23. The van der Waals surface area contributed by atoms with Crippen molar-refractivity contribution in [2.45, 2.75) is 12.8 Å². The van der Waals surface area contributed by atoms with Crippen molar-refractivity contribution in [3.05, 3.63) is 30.0 Å². The van der Waals surface area contributed by atoms with Gasteiger partial charge in [-0.15, -0.1) is 0 Å². The maximum Gasteiger partial charge on any atom is 0.289 e. The lowest BCUT2D eigenvalue weighted by Gasteiger charge is -2.12. The minimum absolute atomic E-state index is 0.0851. The van der Waals surface area contributed by atoms with Gasteiger partial charge in [-0.25, -0.2) is 0 Å². The maximum absolute atomic E-state index is 12.1. The van der Waals surface area contributed by atoms with Crippen molar-refractivity contribution in [1.29, 1.82) is 0 Å². The van der Waals surface area contributed by atoms with Crippen LogP contribution in [0.15, 0.2) is 28.7 Å².